The first-order valence-corrected chi connectivity index (χ1v) is 10.2. The summed E-state index contributed by atoms with van der Waals surface area (Å²) in [7, 11) is 0. The molecule has 1 heterocycles. The second kappa shape index (κ2) is 9.44. The summed E-state index contributed by atoms with van der Waals surface area (Å²) in [4.78, 5) is 16.5. The van der Waals surface area contributed by atoms with Gasteiger partial charge in [0.25, 0.3) is 5.91 Å². The Bertz CT molecular complexity index is 1010. The van der Waals surface area contributed by atoms with Gasteiger partial charge in [-0.2, -0.15) is 0 Å². The molecule has 0 fully saturated rings. The highest BCUT2D eigenvalue weighted by Crippen LogP contribution is 2.29. The number of aryl methyl sites for hydroxylation is 1. The molecule has 3 aromatic rings. The molecular formula is C25H29N3O2. The number of nitrogen functional groups attached to an aromatic ring is 1. The Morgan fingerprint density at radius 1 is 1.03 bits per heavy atom. The third kappa shape index (κ3) is 5.38. The predicted octanol–water partition coefficient (Wildman–Crippen LogP) is 5.45. The first-order chi connectivity index (χ1) is 14.3. The van der Waals surface area contributed by atoms with Gasteiger partial charge in [0.05, 0.1) is 5.56 Å². The second-order valence-electron chi connectivity index (χ2n) is 7.92. The fourth-order valence-electron chi connectivity index (χ4n) is 3.10. The van der Waals surface area contributed by atoms with Crippen LogP contribution in [0, 0.1) is 12.8 Å². The van der Waals surface area contributed by atoms with Crippen molar-refractivity contribution < 1.29 is 9.53 Å². The summed E-state index contributed by atoms with van der Waals surface area (Å²) in [5.74, 6) is 2.62. The standard InChI is InChI=1S/C25H29N3O2/c1-16(2)18(4)20-6-5-7-22(14-20)30-21-11-9-19(10-12-21)15-27-25(29)23-13-8-17(3)28-24(23)26/h5-14,16,18H,15H2,1-4H3,(H2,26,28)(H,27,29). The van der Waals surface area contributed by atoms with Crippen molar-refractivity contribution in [3.8, 4) is 11.5 Å². The van der Waals surface area contributed by atoms with E-state index in [9.17, 15) is 4.79 Å². The number of hydrogen-bond donors (Lipinski definition) is 2. The summed E-state index contributed by atoms with van der Waals surface area (Å²) >= 11 is 0. The maximum Gasteiger partial charge on any atom is 0.255 e. The molecule has 3 N–H and O–H groups in total. The predicted molar refractivity (Wildman–Crippen MR) is 121 cm³/mol. The van der Waals surface area contributed by atoms with Gasteiger partial charge in [0, 0.05) is 12.2 Å². The number of benzene rings is 2. The van der Waals surface area contributed by atoms with Crippen LogP contribution in [0.2, 0.25) is 0 Å². The lowest BCUT2D eigenvalue weighted by atomic mass is 9.90. The highest BCUT2D eigenvalue weighted by atomic mass is 16.5. The van der Waals surface area contributed by atoms with Crippen molar-refractivity contribution in [2.24, 2.45) is 5.92 Å². The summed E-state index contributed by atoms with van der Waals surface area (Å²) in [5, 5.41) is 2.88. The average molecular weight is 404 g/mol. The van der Waals surface area contributed by atoms with Crippen LogP contribution in [0.4, 0.5) is 5.82 Å². The maximum atomic E-state index is 12.3. The van der Waals surface area contributed by atoms with Gasteiger partial charge in [0.15, 0.2) is 0 Å². The number of nitrogens with one attached hydrogen (secondary N) is 1. The third-order valence-corrected chi connectivity index (χ3v) is 5.30. The molecule has 0 spiro atoms. The molecule has 5 heteroatoms. The van der Waals surface area contributed by atoms with Gasteiger partial charge in [0.1, 0.15) is 17.3 Å². The van der Waals surface area contributed by atoms with Crippen LogP contribution in [0.3, 0.4) is 0 Å². The molecule has 156 valence electrons. The molecule has 1 unspecified atom stereocenters. The quantitative estimate of drug-likeness (QED) is 0.550. The van der Waals surface area contributed by atoms with Crippen molar-refractivity contribution in [3.05, 3.63) is 83.0 Å². The zero-order valence-corrected chi connectivity index (χ0v) is 18.0. The number of anilines is 1. The van der Waals surface area contributed by atoms with Gasteiger partial charge in [-0.05, 0) is 66.3 Å². The van der Waals surface area contributed by atoms with Crippen molar-refractivity contribution >= 4 is 11.7 Å². The largest absolute Gasteiger partial charge is 0.457 e. The molecule has 1 atom stereocenters. The molecule has 0 saturated carbocycles. The Balaban J connectivity index is 1.60. The van der Waals surface area contributed by atoms with Gasteiger partial charge in [-0.25, -0.2) is 4.98 Å². The van der Waals surface area contributed by atoms with Crippen LogP contribution >= 0.6 is 0 Å². The van der Waals surface area contributed by atoms with Crippen molar-refractivity contribution in [1.29, 1.82) is 0 Å². The molecule has 0 aliphatic heterocycles. The lowest BCUT2D eigenvalue weighted by molar-refractivity contribution is 0.0951. The van der Waals surface area contributed by atoms with Gasteiger partial charge in [0.2, 0.25) is 0 Å². The van der Waals surface area contributed by atoms with E-state index in [4.69, 9.17) is 10.5 Å². The third-order valence-electron chi connectivity index (χ3n) is 5.30. The highest BCUT2D eigenvalue weighted by molar-refractivity contribution is 5.98. The number of nitrogens with two attached hydrogens (primary N) is 1. The SMILES string of the molecule is Cc1ccc(C(=O)NCc2ccc(Oc3cccc(C(C)C(C)C)c3)cc2)c(N)n1. The molecule has 0 aliphatic carbocycles. The zero-order chi connectivity index (χ0) is 21.7. The summed E-state index contributed by atoms with van der Waals surface area (Å²) in [6, 6.07) is 19.4. The topological polar surface area (TPSA) is 77.2 Å². The molecular weight excluding hydrogens is 374 g/mol. The first-order valence-electron chi connectivity index (χ1n) is 10.2. The Hall–Kier alpha value is -3.34. The number of nitrogens with zero attached hydrogens (tertiary/aromatic N) is 1. The van der Waals surface area contributed by atoms with Crippen LogP contribution in [0.15, 0.2) is 60.7 Å². The van der Waals surface area contributed by atoms with Gasteiger partial charge in [-0.3, -0.25) is 4.79 Å². The number of amides is 1. The molecule has 3 rings (SSSR count). The number of carbonyl (C=O) groups is 1. The van der Waals surface area contributed by atoms with Gasteiger partial charge >= 0.3 is 0 Å². The molecule has 0 bridgehead atoms. The Labute approximate surface area is 178 Å². The van der Waals surface area contributed by atoms with E-state index < -0.39 is 0 Å². The fourth-order valence-corrected chi connectivity index (χ4v) is 3.10. The smallest absolute Gasteiger partial charge is 0.255 e. The molecule has 0 radical (unpaired) electrons. The van der Waals surface area contributed by atoms with E-state index in [0.29, 0.717) is 23.9 Å². The molecule has 0 aliphatic rings. The van der Waals surface area contributed by atoms with Crippen molar-refractivity contribution in [3.63, 3.8) is 0 Å². The number of carbonyl (C=O) groups excluding carboxylic acids is 1. The number of hydrogen-bond acceptors (Lipinski definition) is 4. The van der Waals surface area contributed by atoms with E-state index in [0.717, 1.165) is 22.8 Å². The van der Waals surface area contributed by atoms with E-state index in [2.05, 4.69) is 43.2 Å². The van der Waals surface area contributed by atoms with Crippen molar-refractivity contribution in [2.45, 2.75) is 40.2 Å². The van der Waals surface area contributed by atoms with E-state index in [1.54, 1.807) is 12.1 Å². The van der Waals surface area contributed by atoms with Crippen LogP contribution in [0.25, 0.3) is 0 Å². The van der Waals surface area contributed by atoms with E-state index in [1.807, 2.05) is 43.3 Å². The first kappa shape index (κ1) is 21.4. The maximum absolute atomic E-state index is 12.3. The summed E-state index contributed by atoms with van der Waals surface area (Å²) < 4.78 is 6.01. The van der Waals surface area contributed by atoms with E-state index in [-0.39, 0.29) is 11.7 Å². The molecule has 5 nitrogen and oxygen atoms in total. The number of rotatable bonds is 7. The minimum atomic E-state index is -0.239. The fraction of sp³-hybridized carbons (Fsp3) is 0.280. The van der Waals surface area contributed by atoms with Gasteiger partial charge < -0.3 is 15.8 Å². The number of pyridine rings is 1. The van der Waals surface area contributed by atoms with E-state index >= 15 is 0 Å². The second-order valence-corrected chi connectivity index (χ2v) is 7.92. The average Bonchev–Trinajstić information content (AvgIpc) is 2.72. The van der Waals surface area contributed by atoms with Crippen LogP contribution in [0.5, 0.6) is 11.5 Å². The lowest BCUT2D eigenvalue weighted by Crippen LogP contribution is -2.24. The van der Waals surface area contributed by atoms with Gasteiger partial charge in [-0.15, -0.1) is 0 Å². The summed E-state index contributed by atoms with van der Waals surface area (Å²) in [6.45, 7) is 8.91. The monoisotopic (exact) mass is 403 g/mol. The molecule has 1 aromatic heterocycles. The highest BCUT2D eigenvalue weighted by Gasteiger charge is 2.12. The lowest BCUT2D eigenvalue weighted by Gasteiger charge is -2.17. The zero-order valence-electron chi connectivity index (χ0n) is 18.0. The summed E-state index contributed by atoms with van der Waals surface area (Å²) in [6.07, 6.45) is 0. The molecule has 2 aromatic carbocycles. The molecule has 1 amide bonds. The minimum absolute atomic E-state index is 0.239. The Morgan fingerprint density at radius 2 is 1.77 bits per heavy atom. The minimum Gasteiger partial charge on any atom is -0.457 e. The normalized spacial score (nSPS) is 11.9. The van der Waals surface area contributed by atoms with Crippen LogP contribution in [0.1, 0.15) is 53.9 Å². The van der Waals surface area contributed by atoms with Crippen molar-refractivity contribution in [1.82, 2.24) is 10.3 Å². The Morgan fingerprint density at radius 3 is 2.43 bits per heavy atom. The molecule has 30 heavy (non-hydrogen) atoms. The number of aromatic nitrogens is 1. The van der Waals surface area contributed by atoms with Crippen LogP contribution in [-0.2, 0) is 6.54 Å². The van der Waals surface area contributed by atoms with E-state index in [1.165, 1.54) is 5.56 Å². The molecule has 0 saturated heterocycles. The van der Waals surface area contributed by atoms with Gasteiger partial charge in [-0.1, -0.05) is 45.0 Å². The summed E-state index contributed by atoms with van der Waals surface area (Å²) in [5.41, 5.74) is 9.25. The van der Waals surface area contributed by atoms with Crippen LogP contribution in [-0.4, -0.2) is 10.9 Å². The Kier molecular flexibility index (Phi) is 6.72. The number of ether oxygens (including phenoxy) is 1. The van der Waals surface area contributed by atoms with Crippen molar-refractivity contribution in [2.75, 3.05) is 5.73 Å². The van der Waals surface area contributed by atoms with Crippen LogP contribution < -0.4 is 15.8 Å².